The van der Waals surface area contributed by atoms with Crippen molar-refractivity contribution < 1.29 is 19.4 Å². The van der Waals surface area contributed by atoms with E-state index in [4.69, 9.17) is 4.74 Å². The molecule has 2 aromatic carbocycles. The predicted molar refractivity (Wildman–Crippen MR) is 112 cm³/mol. The fraction of sp³-hybridized carbons (Fsp3) is 0.150. The molecule has 1 amide bonds. The number of aromatic carboxylic acids is 1. The third-order valence-electron chi connectivity index (χ3n) is 4.76. The third-order valence-corrected chi connectivity index (χ3v) is 5.78. The van der Waals surface area contributed by atoms with Crippen LogP contribution in [-0.2, 0) is 11.8 Å². The predicted octanol–water partition coefficient (Wildman–Crippen LogP) is 4.08. The maximum absolute atomic E-state index is 12.3. The molecule has 0 fully saturated rings. The van der Waals surface area contributed by atoms with E-state index in [1.807, 2.05) is 59.0 Å². The molecule has 1 heterocycles. The number of rotatable bonds is 4. The van der Waals surface area contributed by atoms with Crippen molar-refractivity contribution in [1.29, 1.82) is 0 Å². The number of hydrogen-bond acceptors (Lipinski definition) is 4. The van der Waals surface area contributed by atoms with Gasteiger partial charge < -0.3 is 9.84 Å². The van der Waals surface area contributed by atoms with Crippen LogP contribution in [0.4, 0.5) is 10.6 Å². The van der Waals surface area contributed by atoms with Crippen molar-refractivity contribution in [3.8, 4) is 11.1 Å². The monoisotopic (exact) mass is 489 g/mol. The van der Waals surface area contributed by atoms with Crippen molar-refractivity contribution in [1.82, 2.24) is 9.78 Å². The first-order valence-electron chi connectivity index (χ1n) is 8.55. The van der Waals surface area contributed by atoms with E-state index < -0.39 is 12.1 Å². The Kier molecular flexibility index (Phi) is 4.80. The fourth-order valence-corrected chi connectivity index (χ4v) is 4.36. The van der Waals surface area contributed by atoms with Crippen LogP contribution in [0.3, 0.4) is 0 Å². The number of aryl methyl sites for hydroxylation is 1. The molecule has 0 spiro atoms. The van der Waals surface area contributed by atoms with E-state index in [0.29, 0.717) is 3.57 Å². The molecule has 0 radical (unpaired) electrons. The lowest BCUT2D eigenvalue weighted by atomic mass is 9.98. The van der Waals surface area contributed by atoms with E-state index in [1.54, 1.807) is 0 Å². The highest BCUT2D eigenvalue weighted by atomic mass is 127. The van der Waals surface area contributed by atoms with Gasteiger partial charge in [-0.2, -0.15) is 5.10 Å². The number of anilines is 1. The highest BCUT2D eigenvalue weighted by Crippen LogP contribution is 2.44. The number of carbonyl (C=O) groups is 2. The molecule has 0 saturated heterocycles. The maximum Gasteiger partial charge on any atom is 0.412 e. The van der Waals surface area contributed by atoms with Crippen LogP contribution >= 0.6 is 22.6 Å². The van der Waals surface area contributed by atoms with Crippen LogP contribution in [0.15, 0.2) is 48.5 Å². The molecular weight excluding hydrogens is 473 g/mol. The second-order valence-corrected chi connectivity index (χ2v) is 7.47. The Bertz CT molecular complexity index is 1050. The van der Waals surface area contributed by atoms with Crippen molar-refractivity contribution in [2.24, 2.45) is 7.05 Å². The van der Waals surface area contributed by atoms with Crippen LogP contribution in [0.25, 0.3) is 11.1 Å². The van der Waals surface area contributed by atoms with Crippen molar-refractivity contribution in [3.63, 3.8) is 0 Å². The van der Waals surface area contributed by atoms with Crippen molar-refractivity contribution in [3.05, 3.63) is 68.9 Å². The lowest BCUT2D eigenvalue weighted by Gasteiger charge is -2.14. The molecule has 0 saturated carbocycles. The molecule has 0 bridgehead atoms. The van der Waals surface area contributed by atoms with E-state index in [2.05, 4.69) is 22.5 Å². The summed E-state index contributed by atoms with van der Waals surface area (Å²) in [7, 11) is 1.51. The van der Waals surface area contributed by atoms with Crippen molar-refractivity contribution >= 4 is 40.5 Å². The quantitative estimate of drug-likeness (QED) is 0.539. The topological polar surface area (TPSA) is 93.5 Å². The van der Waals surface area contributed by atoms with Gasteiger partial charge in [0.25, 0.3) is 0 Å². The highest BCUT2D eigenvalue weighted by Gasteiger charge is 2.29. The summed E-state index contributed by atoms with van der Waals surface area (Å²) in [5, 5.41) is 15.8. The maximum atomic E-state index is 12.3. The Morgan fingerprint density at radius 1 is 1.14 bits per heavy atom. The number of hydrogen-bond donors (Lipinski definition) is 2. The zero-order valence-electron chi connectivity index (χ0n) is 14.8. The standard InChI is InChI=1S/C20H16IN3O4/c1-24-17(19(25)26)16(21)18(23-24)22-20(27)28-10-15-13-8-4-2-6-11(13)12-7-3-5-9-14(12)15/h2-9,15H,10H2,1H3,(H,25,26)(H,22,23,27). The van der Waals surface area contributed by atoms with Gasteiger partial charge in [-0.15, -0.1) is 0 Å². The molecule has 7 nitrogen and oxygen atoms in total. The second-order valence-electron chi connectivity index (χ2n) is 6.39. The number of ether oxygens (including phenoxy) is 1. The number of halogens is 1. The molecule has 28 heavy (non-hydrogen) atoms. The number of benzene rings is 2. The lowest BCUT2D eigenvalue weighted by molar-refractivity contribution is 0.0683. The average molecular weight is 489 g/mol. The molecule has 1 aliphatic rings. The number of aromatic nitrogens is 2. The zero-order valence-corrected chi connectivity index (χ0v) is 17.0. The summed E-state index contributed by atoms with van der Waals surface area (Å²) in [6.45, 7) is 0.176. The van der Waals surface area contributed by atoms with E-state index in [-0.39, 0.29) is 24.0 Å². The molecule has 0 unspecified atom stereocenters. The van der Waals surface area contributed by atoms with Gasteiger partial charge in [0, 0.05) is 13.0 Å². The van der Waals surface area contributed by atoms with Crippen LogP contribution in [-0.4, -0.2) is 33.6 Å². The molecule has 4 rings (SSSR count). The Morgan fingerprint density at radius 2 is 1.71 bits per heavy atom. The van der Waals surface area contributed by atoms with Gasteiger partial charge in [0.2, 0.25) is 0 Å². The molecule has 8 heteroatoms. The van der Waals surface area contributed by atoms with Gasteiger partial charge >= 0.3 is 12.1 Å². The Balaban J connectivity index is 1.50. The fourth-order valence-electron chi connectivity index (χ4n) is 3.54. The van der Waals surface area contributed by atoms with Gasteiger partial charge in [-0.3, -0.25) is 10.00 Å². The summed E-state index contributed by atoms with van der Waals surface area (Å²) < 4.78 is 7.02. The number of carbonyl (C=O) groups excluding carboxylic acids is 1. The van der Waals surface area contributed by atoms with Gasteiger partial charge in [-0.05, 0) is 44.8 Å². The molecule has 2 N–H and O–H groups in total. The molecule has 142 valence electrons. The number of carboxylic acids is 1. The normalized spacial score (nSPS) is 12.4. The third kappa shape index (κ3) is 3.13. The van der Waals surface area contributed by atoms with E-state index in [0.717, 1.165) is 22.3 Å². The molecule has 1 aliphatic carbocycles. The van der Waals surface area contributed by atoms with E-state index in [1.165, 1.54) is 11.7 Å². The minimum absolute atomic E-state index is 0.00884. The number of amides is 1. The molecule has 0 atom stereocenters. The van der Waals surface area contributed by atoms with Gasteiger partial charge in [-0.1, -0.05) is 48.5 Å². The van der Waals surface area contributed by atoms with Crippen molar-refractivity contribution in [2.45, 2.75) is 5.92 Å². The summed E-state index contributed by atoms with van der Waals surface area (Å²) in [4.78, 5) is 23.6. The lowest BCUT2D eigenvalue weighted by Crippen LogP contribution is -2.18. The Morgan fingerprint density at radius 3 is 2.25 bits per heavy atom. The summed E-state index contributed by atoms with van der Waals surface area (Å²) >= 11 is 1.84. The number of nitrogens with zero attached hydrogens (tertiary/aromatic N) is 2. The van der Waals surface area contributed by atoms with Crippen molar-refractivity contribution in [2.75, 3.05) is 11.9 Å². The first-order chi connectivity index (χ1) is 13.5. The zero-order chi connectivity index (χ0) is 19.8. The molecule has 3 aromatic rings. The molecule has 0 aliphatic heterocycles. The van der Waals surface area contributed by atoms with Crippen LogP contribution in [0.2, 0.25) is 0 Å². The molecule has 1 aromatic heterocycles. The summed E-state index contributed by atoms with van der Waals surface area (Å²) in [6, 6.07) is 16.2. The van der Waals surface area contributed by atoms with Gasteiger partial charge in [-0.25, -0.2) is 9.59 Å². The SMILES string of the molecule is Cn1nc(NC(=O)OCC2c3ccccc3-c3ccccc32)c(I)c1C(=O)O. The van der Waals surface area contributed by atoms with E-state index in [9.17, 15) is 14.7 Å². The minimum Gasteiger partial charge on any atom is -0.476 e. The van der Waals surface area contributed by atoms with Crippen LogP contribution in [0.1, 0.15) is 27.5 Å². The van der Waals surface area contributed by atoms with Gasteiger partial charge in [0.05, 0.1) is 3.57 Å². The van der Waals surface area contributed by atoms with Gasteiger partial charge in [0.15, 0.2) is 11.5 Å². The summed E-state index contributed by atoms with van der Waals surface area (Å²) in [5.41, 5.74) is 4.55. The smallest absolute Gasteiger partial charge is 0.412 e. The van der Waals surface area contributed by atoms with E-state index >= 15 is 0 Å². The Hall–Kier alpha value is -2.88. The summed E-state index contributed by atoms with van der Waals surface area (Å²) in [6.07, 6.45) is -0.671. The minimum atomic E-state index is -1.11. The van der Waals surface area contributed by atoms with Crippen LogP contribution < -0.4 is 5.32 Å². The highest BCUT2D eigenvalue weighted by molar-refractivity contribution is 14.1. The second kappa shape index (κ2) is 7.27. The number of carboxylic acid groups (broad SMARTS) is 1. The van der Waals surface area contributed by atoms with Crippen LogP contribution in [0.5, 0.6) is 0 Å². The number of fused-ring (bicyclic) bond motifs is 3. The largest absolute Gasteiger partial charge is 0.476 e. The molecular formula is C20H16IN3O4. The number of nitrogens with one attached hydrogen (secondary N) is 1. The van der Waals surface area contributed by atoms with Gasteiger partial charge in [0.1, 0.15) is 6.61 Å². The Labute approximate surface area is 174 Å². The first kappa shape index (κ1) is 18.5. The first-order valence-corrected chi connectivity index (χ1v) is 9.63. The summed E-state index contributed by atoms with van der Waals surface area (Å²) in [5.74, 6) is -0.992. The van der Waals surface area contributed by atoms with Crippen LogP contribution in [0, 0.1) is 3.57 Å². The average Bonchev–Trinajstić information content (AvgIpc) is 3.14.